The Kier molecular flexibility index (Phi) is 6.86. The summed E-state index contributed by atoms with van der Waals surface area (Å²) in [4.78, 5) is 52.5. The van der Waals surface area contributed by atoms with Crippen LogP contribution in [0.25, 0.3) is 10.8 Å². The van der Waals surface area contributed by atoms with Gasteiger partial charge in [-0.25, -0.2) is 9.78 Å². The fraction of sp³-hybridized carbons (Fsp3) is 0.192. The molecule has 1 atom stereocenters. The standard InChI is InChI=1S/C26H24N4O5/c1-2-12-27-20-21(23(32)22(20)31)29-19(26(34)35)14-15-7-9-17(10-8-15)25(33)30-24-18-6-4-3-5-16(18)11-13-28-24/h3-11,13,19,27,29H,2,12,14H2,1H3,(H,34,35)(H,28,30,33)/t19-/m0/s1. The number of pyridine rings is 1. The molecule has 35 heavy (non-hydrogen) atoms. The van der Waals surface area contributed by atoms with E-state index in [1.165, 1.54) is 0 Å². The third-order valence-corrected chi connectivity index (χ3v) is 5.64. The molecule has 0 aliphatic carbocycles. The molecule has 0 unspecified atom stereocenters. The molecule has 4 aromatic rings. The van der Waals surface area contributed by atoms with Crippen molar-refractivity contribution in [2.75, 3.05) is 22.5 Å². The van der Waals surface area contributed by atoms with E-state index in [0.717, 1.165) is 17.2 Å². The third kappa shape index (κ3) is 5.03. The summed E-state index contributed by atoms with van der Waals surface area (Å²) in [5.41, 5.74) is -0.236. The van der Waals surface area contributed by atoms with Crippen LogP contribution < -0.4 is 26.8 Å². The molecule has 0 bridgehead atoms. The summed E-state index contributed by atoms with van der Waals surface area (Å²) in [5, 5.41) is 19.8. The Labute approximate surface area is 200 Å². The van der Waals surface area contributed by atoms with Gasteiger partial charge < -0.3 is 21.1 Å². The molecule has 9 heteroatoms. The Bertz CT molecular complexity index is 1450. The first-order chi connectivity index (χ1) is 16.9. The first kappa shape index (κ1) is 23.6. The molecule has 1 amide bonds. The number of nitrogens with zero attached hydrogens (tertiary/aromatic N) is 1. The van der Waals surface area contributed by atoms with Crippen LogP contribution in [-0.4, -0.2) is 34.6 Å². The molecule has 4 rings (SSSR count). The lowest BCUT2D eigenvalue weighted by molar-refractivity contribution is -0.137. The molecule has 0 saturated heterocycles. The molecule has 0 radical (unpaired) electrons. The minimum atomic E-state index is -1.16. The molecule has 0 aliphatic rings. The van der Waals surface area contributed by atoms with Crippen LogP contribution in [0, 0.1) is 0 Å². The molecular weight excluding hydrogens is 448 g/mol. The SMILES string of the molecule is CCCNc1c(N[C@@H](Cc2ccc(C(=O)Nc3nccc4ccccc34)cc2)C(=O)O)c(=O)c1=O. The van der Waals surface area contributed by atoms with Crippen LogP contribution in [0.4, 0.5) is 17.2 Å². The monoisotopic (exact) mass is 472 g/mol. The van der Waals surface area contributed by atoms with Gasteiger partial charge in [-0.05, 0) is 35.6 Å². The van der Waals surface area contributed by atoms with Gasteiger partial charge in [-0.1, -0.05) is 43.3 Å². The zero-order valence-corrected chi connectivity index (χ0v) is 19.0. The summed E-state index contributed by atoms with van der Waals surface area (Å²) in [6.07, 6.45) is 2.42. The normalized spacial score (nSPS) is 11.8. The highest BCUT2D eigenvalue weighted by molar-refractivity contribution is 6.08. The zero-order valence-electron chi connectivity index (χ0n) is 19.0. The molecule has 0 saturated carbocycles. The van der Waals surface area contributed by atoms with Crippen molar-refractivity contribution < 1.29 is 14.7 Å². The summed E-state index contributed by atoms with van der Waals surface area (Å²) < 4.78 is 0. The topological polar surface area (TPSA) is 137 Å². The van der Waals surface area contributed by atoms with Gasteiger partial charge in [0, 0.05) is 30.1 Å². The maximum absolute atomic E-state index is 12.7. The molecule has 9 nitrogen and oxygen atoms in total. The van der Waals surface area contributed by atoms with E-state index < -0.39 is 22.9 Å². The predicted octanol–water partition coefficient (Wildman–Crippen LogP) is 3.01. The molecule has 1 heterocycles. The quantitative estimate of drug-likeness (QED) is 0.259. The maximum Gasteiger partial charge on any atom is 0.326 e. The van der Waals surface area contributed by atoms with E-state index in [9.17, 15) is 24.3 Å². The van der Waals surface area contributed by atoms with Gasteiger partial charge in [-0.2, -0.15) is 0 Å². The van der Waals surface area contributed by atoms with Crippen LogP contribution >= 0.6 is 0 Å². The number of carboxylic acid groups (broad SMARTS) is 1. The van der Waals surface area contributed by atoms with Crippen LogP contribution in [0.1, 0.15) is 29.3 Å². The largest absolute Gasteiger partial charge is 0.480 e. The van der Waals surface area contributed by atoms with Crippen molar-refractivity contribution in [1.29, 1.82) is 0 Å². The molecular formula is C26H24N4O5. The van der Waals surface area contributed by atoms with Gasteiger partial charge in [0.25, 0.3) is 16.8 Å². The second kappa shape index (κ2) is 10.2. The first-order valence-electron chi connectivity index (χ1n) is 11.2. The second-order valence-corrected chi connectivity index (χ2v) is 8.11. The Morgan fingerprint density at radius 3 is 2.40 bits per heavy atom. The average molecular weight is 473 g/mol. The van der Waals surface area contributed by atoms with Crippen LogP contribution in [0.5, 0.6) is 0 Å². The van der Waals surface area contributed by atoms with Crippen molar-refractivity contribution in [2.45, 2.75) is 25.8 Å². The lowest BCUT2D eigenvalue weighted by Gasteiger charge is -2.20. The number of aliphatic carboxylic acids is 1. The van der Waals surface area contributed by atoms with E-state index in [2.05, 4.69) is 20.9 Å². The van der Waals surface area contributed by atoms with Gasteiger partial charge in [-0.15, -0.1) is 0 Å². The van der Waals surface area contributed by atoms with E-state index in [-0.39, 0.29) is 23.7 Å². The number of rotatable bonds is 10. The highest BCUT2D eigenvalue weighted by Gasteiger charge is 2.26. The highest BCUT2D eigenvalue weighted by Crippen LogP contribution is 2.21. The number of hydrogen-bond acceptors (Lipinski definition) is 7. The zero-order chi connectivity index (χ0) is 24.9. The van der Waals surface area contributed by atoms with E-state index in [4.69, 9.17) is 0 Å². The summed E-state index contributed by atoms with van der Waals surface area (Å²) in [5.74, 6) is -1.06. The fourth-order valence-electron chi connectivity index (χ4n) is 3.75. The highest BCUT2D eigenvalue weighted by atomic mass is 16.4. The number of hydrogen-bond donors (Lipinski definition) is 4. The Morgan fingerprint density at radius 1 is 0.971 bits per heavy atom. The summed E-state index contributed by atoms with van der Waals surface area (Å²) in [6.45, 7) is 2.41. The van der Waals surface area contributed by atoms with Crippen molar-refractivity contribution in [3.05, 3.63) is 92.4 Å². The Morgan fingerprint density at radius 2 is 1.69 bits per heavy atom. The predicted molar refractivity (Wildman–Crippen MR) is 135 cm³/mol. The smallest absolute Gasteiger partial charge is 0.326 e. The van der Waals surface area contributed by atoms with E-state index in [0.29, 0.717) is 23.5 Å². The summed E-state index contributed by atoms with van der Waals surface area (Å²) in [6, 6.07) is 14.8. The number of carbonyl (C=O) groups is 2. The van der Waals surface area contributed by atoms with Crippen molar-refractivity contribution in [3.63, 3.8) is 0 Å². The first-order valence-corrected chi connectivity index (χ1v) is 11.2. The number of carbonyl (C=O) groups excluding carboxylic acids is 1. The summed E-state index contributed by atoms with van der Waals surface area (Å²) in [7, 11) is 0. The van der Waals surface area contributed by atoms with Crippen LogP contribution in [0.2, 0.25) is 0 Å². The Balaban J connectivity index is 1.45. The number of carboxylic acids is 1. The van der Waals surface area contributed by atoms with Crippen molar-refractivity contribution in [2.24, 2.45) is 0 Å². The lowest BCUT2D eigenvalue weighted by Crippen LogP contribution is -2.42. The molecule has 0 aliphatic heterocycles. The summed E-state index contributed by atoms with van der Waals surface area (Å²) >= 11 is 0. The number of aromatic nitrogens is 1. The molecule has 4 N–H and O–H groups in total. The van der Waals surface area contributed by atoms with Crippen LogP contribution in [0.3, 0.4) is 0 Å². The number of amides is 1. The van der Waals surface area contributed by atoms with E-state index in [1.807, 2.05) is 37.3 Å². The van der Waals surface area contributed by atoms with Gasteiger partial charge in [0.15, 0.2) is 0 Å². The number of anilines is 3. The van der Waals surface area contributed by atoms with Gasteiger partial charge in [0.05, 0.1) is 0 Å². The minimum absolute atomic E-state index is 0.00515. The van der Waals surface area contributed by atoms with Crippen LogP contribution in [-0.2, 0) is 11.2 Å². The van der Waals surface area contributed by atoms with Crippen LogP contribution in [0.15, 0.2) is 70.4 Å². The Hall–Kier alpha value is -4.53. The third-order valence-electron chi connectivity index (χ3n) is 5.64. The maximum atomic E-state index is 12.7. The molecule has 0 spiro atoms. The van der Waals surface area contributed by atoms with Gasteiger partial charge >= 0.3 is 5.97 Å². The number of nitrogens with one attached hydrogen (secondary N) is 3. The van der Waals surface area contributed by atoms with Gasteiger partial charge in [0.2, 0.25) is 0 Å². The van der Waals surface area contributed by atoms with Crippen molar-refractivity contribution in [1.82, 2.24) is 4.98 Å². The van der Waals surface area contributed by atoms with Gasteiger partial charge in [0.1, 0.15) is 23.2 Å². The lowest BCUT2D eigenvalue weighted by atomic mass is 10.0. The number of benzene rings is 2. The minimum Gasteiger partial charge on any atom is -0.480 e. The van der Waals surface area contributed by atoms with E-state index in [1.54, 1.807) is 30.5 Å². The molecule has 1 aromatic heterocycles. The molecule has 3 aromatic carbocycles. The van der Waals surface area contributed by atoms with Gasteiger partial charge in [-0.3, -0.25) is 14.4 Å². The second-order valence-electron chi connectivity index (χ2n) is 8.11. The van der Waals surface area contributed by atoms with Crippen molar-refractivity contribution >= 4 is 39.8 Å². The molecule has 178 valence electrons. The molecule has 0 fully saturated rings. The number of fused-ring (bicyclic) bond motifs is 1. The fourth-order valence-corrected chi connectivity index (χ4v) is 3.75. The average Bonchev–Trinajstić information content (AvgIpc) is 2.87. The van der Waals surface area contributed by atoms with Crippen molar-refractivity contribution in [3.8, 4) is 0 Å². The van der Waals surface area contributed by atoms with E-state index >= 15 is 0 Å².